The topological polar surface area (TPSA) is 59.6 Å². The maximum atomic E-state index is 12.0. The third-order valence-electron chi connectivity index (χ3n) is 2.84. The van der Waals surface area contributed by atoms with Crippen LogP contribution in [0.2, 0.25) is 0 Å². The van der Waals surface area contributed by atoms with Crippen molar-refractivity contribution in [1.29, 1.82) is 0 Å². The molecular weight excluding hydrogens is 220 g/mol. The van der Waals surface area contributed by atoms with Crippen molar-refractivity contribution in [1.82, 2.24) is 5.32 Å². The minimum atomic E-state index is -0.783. The fourth-order valence-corrected chi connectivity index (χ4v) is 2.09. The first kappa shape index (κ1) is 11.9. The summed E-state index contributed by atoms with van der Waals surface area (Å²) in [6, 6.07) is 7.33. The second-order valence-corrected chi connectivity index (χ2v) is 4.13. The van der Waals surface area contributed by atoms with Gasteiger partial charge in [0.05, 0.1) is 5.56 Å². The molecule has 17 heavy (non-hydrogen) atoms. The van der Waals surface area contributed by atoms with Gasteiger partial charge in [0.1, 0.15) is 0 Å². The fraction of sp³-hybridized carbons (Fsp3) is 0.417. The van der Waals surface area contributed by atoms with Crippen molar-refractivity contribution in [2.45, 2.75) is 18.9 Å². The van der Waals surface area contributed by atoms with Crippen LogP contribution in [-0.4, -0.2) is 32.1 Å². The molecule has 92 valence electrons. The Labute approximate surface area is 100 Å². The number of methoxy groups -OCH3 is 2. The zero-order chi connectivity index (χ0) is 12.5. The normalized spacial score (nSPS) is 22.9. The number of ether oxygens (including phenoxy) is 2. The number of para-hydroxylation sites is 1. The quantitative estimate of drug-likeness (QED) is 0.774. The first-order valence-corrected chi connectivity index (χ1v) is 5.36. The van der Waals surface area contributed by atoms with E-state index in [4.69, 9.17) is 9.47 Å². The highest BCUT2D eigenvalue weighted by Crippen LogP contribution is 2.27. The molecule has 0 fully saturated rings. The van der Waals surface area contributed by atoms with Crippen molar-refractivity contribution >= 4 is 11.6 Å². The maximum Gasteiger partial charge on any atom is 0.255 e. The third kappa shape index (κ3) is 1.99. The van der Waals surface area contributed by atoms with Gasteiger partial charge >= 0.3 is 0 Å². The van der Waals surface area contributed by atoms with Gasteiger partial charge in [-0.2, -0.15) is 0 Å². The lowest BCUT2D eigenvalue weighted by Gasteiger charge is -2.41. The summed E-state index contributed by atoms with van der Waals surface area (Å²) in [7, 11) is 3.07. The highest BCUT2D eigenvalue weighted by Gasteiger charge is 2.40. The molecule has 0 radical (unpaired) electrons. The van der Waals surface area contributed by atoms with Gasteiger partial charge in [-0.15, -0.1) is 0 Å². The Morgan fingerprint density at radius 2 is 1.82 bits per heavy atom. The van der Waals surface area contributed by atoms with Crippen LogP contribution in [0.3, 0.4) is 0 Å². The molecule has 1 atom stereocenters. The molecular formula is C12H16N2O3. The molecule has 1 unspecified atom stereocenters. The van der Waals surface area contributed by atoms with Crippen LogP contribution in [0.4, 0.5) is 5.69 Å². The second-order valence-electron chi connectivity index (χ2n) is 4.13. The molecule has 1 aromatic carbocycles. The highest BCUT2D eigenvalue weighted by atomic mass is 16.7. The Bertz CT molecular complexity index is 432. The molecule has 0 aliphatic carbocycles. The molecule has 1 aliphatic rings. The number of fused-ring (bicyclic) bond motifs is 1. The van der Waals surface area contributed by atoms with Crippen LogP contribution in [-0.2, 0) is 9.47 Å². The minimum Gasteiger partial charge on any atom is -0.358 e. The molecule has 0 bridgehead atoms. The van der Waals surface area contributed by atoms with E-state index in [1.807, 2.05) is 25.1 Å². The number of hydrogen-bond donors (Lipinski definition) is 2. The van der Waals surface area contributed by atoms with Crippen LogP contribution in [0.25, 0.3) is 0 Å². The summed E-state index contributed by atoms with van der Waals surface area (Å²) < 4.78 is 10.4. The van der Waals surface area contributed by atoms with Crippen molar-refractivity contribution in [3.05, 3.63) is 29.8 Å². The Balaban J connectivity index is 2.36. The van der Waals surface area contributed by atoms with Crippen LogP contribution < -0.4 is 10.6 Å². The van der Waals surface area contributed by atoms with Gasteiger partial charge in [0.15, 0.2) is 12.0 Å². The van der Waals surface area contributed by atoms with E-state index in [-0.39, 0.29) is 5.91 Å². The van der Waals surface area contributed by atoms with Crippen LogP contribution >= 0.6 is 0 Å². The molecule has 1 aliphatic heterocycles. The molecule has 1 amide bonds. The van der Waals surface area contributed by atoms with Gasteiger partial charge in [-0.05, 0) is 19.1 Å². The molecule has 0 aromatic heterocycles. The van der Waals surface area contributed by atoms with Gasteiger partial charge in [0.25, 0.3) is 5.91 Å². The standard InChI is InChI=1S/C12H16N2O3/c1-12(11(16-2)17-3)13-9-7-5-4-6-8(9)10(15)14-12/h4-7,11,13H,1-3H3,(H,14,15). The smallest absolute Gasteiger partial charge is 0.255 e. The fourth-order valence-electron chi connectivity index (χ4n) is 2.09. The van der Waals surface area contributed by atoms with E-state index in [2.05, 4.69) is 10.6 Å². The van der Waals surface area contributed by atoms with Crippen molar-refractivity contribution in [3.63, 3.8) is 0 Å². The number of rotatable bonds is 3. The number of hydrogen-bond acceptors (Lipinski definition) is 4. The van der Waals surface area contributed by atoms with Crippen molar-refractivity contribution < 1.29 is 14.3 Å². The lowest BCUT2D eigenvalue weighted by Crippen LogP contribution is -2.63. The maximum absolute atomic E-state index is 12.0. The molecule has 2 N–H and O–H groups in total. The van der Waals surface area contributed by atoms with E-state index in [1.165, 1.54) is 14.2 Å². The largest absolute Gasteiger partial charge is 0.358 e. The first-order valence-electron chi connectivity index (χ1n) is 5.36. The number of anilines is 1. The Morgan fingerprint density at radius 1 is 1.18 bits per heavy atom. The molecule has 5 nitrogen and oxygen atoms in total. The van der Waals surface area contributed by atoms with Crippen LogP contribution in [0, 0.1) is 0 Å². The average Bonchev–Trinajstić information content (AvgIpc) is 2.30. The first-order chi connectivity index (χ1) is 8.10. The predicted octanol–water partition coefficient (Wildman–Crippen LogP) is 1.18. The lowest BCUT2D eigenvalue weighted by atomic mass is 10.0. The monoisotopic (exact) mass is 236 g/mol. The number of nitrogens with one attached hydrogen (secondary N) is 2. The van der Waals surface area contributed by atoms with E-state index in [9.17, 15) is 4.79 Å². The Kier molecular flexibility index (Phi) is 3.04. The van der Waals surface area contributed by atoms with Gasteiger partial charge in [0, 0.05) is 19.9 Å². The summed E-state index contributed by atoms with van der Waals surface area (Å²) in [5, 5.41) is 6.07. The van der Waals surface area contributed by atoms with Crippen molar-refractivity contribution in [2.75, 3.05) is 19.5 Å². The zero-order valence-electron chi connectivity index (χ0n) is 10.1. The predicted molar refractivity (Wildman–Crippen MR) is 63.7 cm³/mol. The zero-order valence-corrected chi connectivity index (χ0v) is 10.1. The Hall–Kier alpha value is -1.59. The van der Waals surface area contributed by atoms with E-state index < -0.39 is 12.0 Å². The summed E-state index contributed by atoms with van der Waals surface area (Å²) in [6.07, 6.45) is -0.570. The number of carbonyl (C=O) groups is 1. The van der Waals surface area contributed by atoms with Crippen LogP contribution in [0.15, 0.2) is 24.3 Å². The van der Waals surface area contributed by atoms with Gasteiger partial charge < -0.3 is 20.1 Å². The lowest BCUT2D eigenvalue weighted by molar-refractivity contribution is -0.142. The number of carbonyl (C=O) groups excluding carboxylic acids is 1. The molecule has 0 saturated carbocycles. The van der Waals surface area contributed by atoms with E-state index in [1.54, 1.807) is 6.07 Å². The highest BCUT2D eigenvalue weighted by molar-refractivity contribution is 6.02. The van der Waals surface area contributed by atoms with Crippen molar-refractivity contribution in [2.24, 2.45) is 0 Å². The molecule has 2 rings (SSSR count). The Morgan fingerprint density at radius 3 is 2.47 bits per heavy atom. The number of amides is 1. The molecule has 0 saturated heterocycles. The van der Waals surface area contributed by atoms with E-state index >= 15 is 0 Å². The molecule has 5 heteroatoms. The van der Waals surface area contributed by atoms with Gasteiger partial charge in [-0.3, -0.25) is 4.79 Å². The molecule has 0 spiro atoms. The summed E-state index contributed by atoms with van der Waals surface area (Å²) in [5.74, 6) is -0.138. The molecule has 1 aromatic rings. The van der Waals surface area contributed by atoms with Gasteiger partial charge in [0.2, 0.25) is 0 Å². The SMILES string of the molecule is COC(OC)C1(C)NC(=O)c2ccccc2N1. The van der Waals surface area contributed by atoms with Crippen LogP contribution in [0.1, 0.15) is 17.3 Å². The van der Waals surface area contributed by atoms with Crippen LogP contribution in [0.5, 0.6) is 0 Å². The second kappa shape index (κ2) is 4.35. The minimum absolute atomic E-state index is 0.138. The van der Waals surface area contributed by atoms with Gasteiger partial charge in [-0.1, -0.05) is 12.1 Å². The summed E-state index contributed by atoms with van der Waals surface area (Å²) in [4.78, 5) is 12.0. The van der Waals surface area contributed by atoms with Gasteiger partial charge in [-0.25, -0.2) is 0 Å². The summed E-state index contributed by atoms with van der Waals surface area (Å²) in [5.41, 5.74) is 0.614. The van der Waals surface area contributed by atoms with E-state index in [0.29, 0.717) is 5.56 Å². The average molecular weight is 236 g/mol. The number of benzene rings is 1. The molecule has 1 heterocycles. The van der Waals surface area contributed by atoms with E-state index in [0.717, 1.165) is 5.69 Å². The van der Waals surface area contributed by atoms with Crippen molar-refractivity contribution in [3.8, 4) is 0 Å². The summed E-state index contributed by atoms with van der Waals surface area (Å²) >= 11 is 0. The summed E-state index contributed by atoms with van der Waals surface area (Å²) in [6.45, 7) is 1.82. The third-order valence-corrected chi connectivity index (χ3v) is 2.84.